The van der Waals surface area contributed by atoms with Crippen LogP contribution in [-0.4, -0.2) is 30.6 Å². The highest BCUT2D eigenvalue weighted by Crippen LogP contribution is 2.41. The Labute approximate surface area is 224 Å². The molecule has 0 spiro atoms. The third kappa shape index (κ3) is 9.23. The number of amides is 1. The van der Waals surface area contributed by atoms with Gasteiger partial charge < -0.3 is 5.32 Å². The number of nitrogens with one attached hydrogen (secondary N) is 1. The van der Waals surface area contributed by atoms with Crippen LogP contribution in [0.3, 0.4) is 0 Å². The van der Waals surface area contributed by atoms with E-state index < -0.39 is 48.3 Å². The molecular weight excluding hydrogens is 567 g/mol. The minimum absolute atomic E-state index is 0.0563. The van der Waals surface area contributed by atoms with Gasteiger partial charge in [-0.2, -0.15) is 26.3 Å². The maximum atomic E-state index is 13.7. The Bertz CT molecular complexity index is 1140. The molecule has 0 saturated carbocycles. The third-order valence-corrected chi connectivity index (χ3v) is 6.54. The van der Waals surface area contributed by atoms with E-state index in [4.69, 9.17) is 34.8 Å². The predicted octanol–water partition coefficient (Wildman–Crippen LogP) is 8.67. The Morgan fingerprint density at radius 3 is 1.97 bits per heavy atom. The normalized spacial score (nSPS) is 13.6. The Kier molecular flexibility index (Phi) is 10.1. The van der Waals surface area contributed by atoms with Gasteiger partial charge in [0, 0.05) is 18.5 Å². The average molecular weight is 589 g/mol. The molecule has 0 bridgehead atoms. The molecule has 1 N–H and O–H groups in total. The van der Waals surface area contributed by atoms with Crippen molar-refractivity contribution in [2.45, 2.75) is 45.0 Å². The molecule has 202 valence electrons. The molecule has 3 nitrogen and oxygen atoms in total. The molecule has 0 aliphatic carbocycles. The van der Waals surface area contributed by atoms with Gasteiger partial charge in [0.05, 0.1) is 32.8 Å². The Balaban J connectivity index is 2.12. The van der Waals surface area contributed by atoms with E-state index >= 15 is 0 Å². The fraction of sp³-hybridized carbons (Fsp3) is 0.360. The fourth-order valence-electron chi connectivity index (χ4n) is 3.29. The first-order chi connectivity index (χ1) is 16.9. The number of halogens is 9. The number of rotatable bonds is 9. The molecule has 0 heterocycles. The topological polar surface area (TPSA) is 46.2 Å². The summed E-state index contributed by atoms with van der Waals surface area (Å²) in [6, 6.07) is 7.80. The molecule has 2 rings (SSSR count). The van der Waals surface area contributed by atoms with E-state index in [1.165, 1.54) is 44.2 Å². The maximum Gasteiger partial charge on any atom is 0.399 e. The highest BCUT2D eigenvalue weighted by molar-refractivity contribution is 6.48. The van der Waals surface area contributed by atoms with Gasteiger partial charge in [-0.05, 0) is 23.3 Å². The van der Waals surface area contributed by atoms with Crippen LogP contribution in [0.15, 0.2) is 42.5 Å². The number of hydrogen-bond acceptors (Lipinski definition) is 2. The van der Waals surface area contributed by atoms with Crippen molar-refractivity contribution in [3.05, 3.63) is 74.2 Å². The van der Waals surface area contributed by atoms with Crippen LogP contribution in [0.4, 0.5) is 26.3 Å². The summed E-state index contributed by atoms with van der Waals surface area (Å²) in [6.45, 7) is 2.25. The van der Waals surface area contributed by atoms with Gasteiger partial charge in [0.15, 0.2) is 5.78 Å². The Morgan fingerprint density at radius 2 is 1.49 bits per heavy atom. The summed E-state index contributed by atoms with van der Waals surface area (Å²) in [5, 5.41) is 1.88. The van der Waals surface area contributed by atoms with Crippen molar-refractivity contribution >= 4 is 52.6 Å². The van der Waals surface area contributed by atoms with E-state index in [1.54, 1.807) is 0 Å². The molecule has 1 unspecified atom stereocenters. The van der Waals surface area contributed by atoms with Gasteiger partial charge in [-0.1, -0.05) is 85.1 Å². The molecule has 2 aromatic rings. The van der Waals surface area contributed by atoms with Crippen LogP contribution in [0.25, 0.3) is 6.08 Å². The van der Waals surface area contributed by atoms with Crippen LogP contribution >= 0.6 is 34.8 Å². The smallest absolute Gasteiger partial charge is 0.355 e. The second kappa shape index (κ2) is 12.1. The average Bonchev–Trinajstić information content (AvgIpc) is 2.75. The molecule has 1 amide bonds. The summed E-state index contributed by atoms with van der Waals surface area (Å²) in [5.74, 6) is -3.19. The Morgan fingerprint density at radius 1 is 0.946 bits per heavy atom. The molecular formula is C25H22Cl3F6NO2. The van der Waals surface area contributed by atoms with Crippen LogP contribution in [-0.2, 0) is 4.79 Å². The summed E-state index contributed by atoms with van der Waals surface area (Å²) in [5.41, 5.74) is -0.925. The second-order valence-electron chi connectivity index (χ2n) is 8.90. The first kappa shape index (κ1) is 31.0. The van der Waals surface area contributed by atoms with E-state index in [2.05, 4.69) is 5.32 Å². The summed E-state index contributed by atoms with van der Waals surface area (Å²) in [7, 11) is 0. The van der Waals surface area contributed by atoms with Gasteiger partial charge in [-0.3, -0.25) is 9.59 Å². The van der Waals surface area contributed by atoms with Crippen molar-refractivity contribution in [2.24, 2.45) is 5.41 Å². The quantitative estimate of drug-likeness (QED) is 0.181. The third-order valence-electron chi connectivity index (χ3n) is 5.34. The van der Waals surface area contributed by atoms with Crippen LogP contribution in [0.2, 0.25) is 15.1 Å². The summed E-state index contributed by atoms with van der Waals surface area (Å²) >= 11 is 17.6. The van der Waals surface area contributed by atoms with E-state index in [1.807, 2.05) is 0 Å². The van der Waals surface area contributed by atoms with Gasteiger partial charge in [-0.15, -0.1) is 0 Å². The van der Waals surface area contributed by atoms with Crippen molar-refractivity contribution in [1.82, 2.24) is 5.32 Å². The fourth-order valence-corrected chi connectivity index (χ4v) is 3.91. The number of Topliss-reactive ketones (excluding diaryl/α,β-unsaturated/α-hetero) is 1. The number of benzene rings is 2. The Hall–Kier alpha value is -2.23. The van der Waals surface area contributed by atoms with E-state index in [9.17, 15) is 35.9 Å². The summed E-state index contributed by atoms with van der Waals surface area (Å²) in [4.78, 5) is 24.8. The highest BCUT2D eigenvalue weighted by Gasteiger charge is 2.39. The van der Waals surface area contributed by atoms with Crippen LogP contribution in [0.1, 0.15) is 54.1 Å². The lowest BCUT2D eigenvalue weighted by atomic mass is 9.84. The van der Waals surface area contributed by atoms with Crippen LogP contribution < -0.4 is 5.32 Å². The zero-order valence-corrected chi connectivity index (χ0v) is 21.8. The standard InChI is InChI=1S/C25H22Cl3F6NO2/c1-23(2,22(37)35-10-9-24(29,30)31)13-20(36)15-6-3-14(4-7-15)5-8-17(25(32,33)34)16-11-18(26)21(28)19(27)12-16/h3-8,11-12,17H,9-10,13H2,1-2H3,(H,35,37)/b8-5+. The predicted molar refractivity (Wildman–Crippen MR) is 132 cm³/mol. The van der Waals surface area contributed by atoms with E-state index in [0.717, 1.165) is 18.2 Å². The lowest BCUT2D eigenvalue weighted by Gasteiger charge is -2.23. The lowest BCUT2D eigenvalue weighted by Crippen LogP contribution is -2.39. The van der Waals surface area contributed by atoms with Crippen LogP contribution in [0, 0.1) is 5.41 Å². The molecule has 2 aromatic carbocycles. The van der Waals surface area contributed by atoms with Crippen LogP contribution in [0.5, 0.6) is 0 Å². The summed E-state index contributed by atoms with van der Waals surface area (Å²) < 4.78 is 77.9. The first-order valence-corrected chi connectivity index (χ1v) is 11.9. The van der Waals surface area contributed by atoms with Crippen molar-refractivity contribution in [2.75, 3.05) is 6.54 Å². The van der Waals surface area contributed by atoms with Gasteiger partial charge in [-0.25, -0.2) is 0 Å². The zero-order valence-electron chi connectivity index (χ0n) is 19.5. The molecule has 0 saturated heterocycles. The first-order valence-electron chi connectivity index (χ1n) is 10.8. The number of carbonyl (C=O) groups excluding carboxylic acids is 2. The lowest BCUT2D eigenvalue weighted by molar-refractivity contribution is -0.140. The molecule has 0 aromatic heterocycles. The van der Waals surface area contributed by atoms with Gasteiger partial charge >= 0.3 is 12.4 Å². The molecule has 0 fully saturated rings. The van der Waals surface area contributed by atoms with Crippen molar-refractivity contribution in [1.29, 1.82) is 0 Å². The number of alkyl halides is 6. The number of ketones is 1. The molecule has 0 radical (unpaired) electrons. The van der Waals surface area contributed by atoms with Crippen molar-refractivity contribution in [3.8, 4) is 0 Å². The number of carbonyl (C=O) groups is 2. The van der Waals surface area contributed by atoms with E-state index in [0.29, 0.717) is 5.56 Å². The monoisotopic (exact) mass is 587 g/mol. The van der Waals surface area contributed by atoms with E-state index in [-0.39, 0.29) is 32.6 Å². The second-order valence-corrected chi connectivity index (χ2v) is 10.1. The van der Waals surface area contributed by atoms with Crippen molar-refractivity contribution < 1.29 is 35.9 Å². The minimum Gasteiger partial charge on any atom is -0.355 e. The largest absolute Gasteiger partial charge is 0.399 e. The van der Waals surface area contributed by atoms with Crippen molar-refractivity contribution in [3.63, 3.8) is 0 Å². The molecule has 12 heteroatoms. The molecule has 0 aliphatic heterocycles. The maximum absolute atomic E-state index is 13.7. The van der Waals surface area contributed by atoms with Gasteiger partial charge in [0.1, 0.15) is 0 Å². The van der Waals surface area contributed by atoms with Gasteiger partial charge in [0.25, 0.3) is 0 Å². The molecule has 1 atom stereocenters. The van der Waals surface area contributed by atoms with Gasteiger partial charge in [0.2, 0.25) is 5.91 Å². The molecule has 0 aliphatic rings. The number of hydrogen-bond donors (Lipinski definition) is 1. The SMILES string of the molecule is CC(C)(CC(=O)c1ccc(/C=C/C(c2cc(Cl)c(Cl)c(Cl)c2)C(F)(F)F)cc1)C(=O)NCCC(F)(F)F. The number of allylic oxidation sites excluding steroid dienone is 1. The molecule has 37 heavy (non-hydrogen) atoms. The minimum atomic E-state index is -4.65. The summed E-state index contributed by atoms with van der Waals surface area (Å²) in [6.07, 6.45) is -8.40. The zero-order chi connectivity index (χ0) is 28.2. The highest BCUT2D eigenvalue weighted by atomic mass is 35.5.